The molecule has 2 aromatic heterocycles. The molecule has 1 aliphatic rings. The molecule has 2 N–H and O–H groups in total. The molecular weight excluding hydrogens is 350 g/mol. The molecule has 0 saturated carbocycles. The van der Waals surface area contributed by atoms with E-state index < -0.39 is 5.91 Å². The van der Waals surface area contributed by atoms with Crippen molar-refractivity contribution < 1.29 is 9.59 Å². The number of rotatable bonds is 4. The lowest BCUT2D eigenvalue weighted by Gasteiger charge is -2.32. The highest BCUT2D eigenvalue weighted by molar-refractivity contribution is 7.16. The minimum absolute atomic E-state index is 0.0259. The molecule has 4 rings (SSSR count). The molecule has 0 spiro atoms. The SMILES string of the molecule is NC(=O)Cn1ccnc1[C@@H]1CCCN(C(=O)c2ccc3ncsc3c2)C1. The predicted molar refractivity (Wildman–Crippen MR) is 98.9 cm³/mol. The lowest BCUT2D eigenvalue weighted by molar-refractivity contribution is -0.118. The van der Waals surface area contributed by atoms with Gasteiger partial charge in [-0.15, -0.1) is 11.3 Å². The number of hydrogen-bond acceptors (Lipinski definition) is 5. The van der Waals surface area contributed by atoms with E-state index in [1.165, 1.54) is 11.3 Å². The Morgan fingerprint density at radius 1 is 1.31 bits per heavy atom. The lowest BCUT2D eigenvalue weighted by Crippen LogP contribution is -2.40. The van der Waals surface area contributed by atoms with Crippen LogP contribution in [0.15, 0.2) is 36.1 Å². The van der Waals surface area contributed by atoms with E-state index in [1.807, 2.05) is 23.1 Å². The van der Waals surface area contributed by atoms with E-state index in [1.54, 1.807) is 22.5 Å². The molecule has 0 unspecified atom stereocenters. The van der Waals surface area contributed by atoms with Crippen molar-refractivity contribution >= 4 is 33.4 Å². The van der Waals surface area contributed by atoms with Crippen LogP contribution in [0, 0.1) is 0 Å². The first-order valence-corrected chi connectivity index (χ1v) is 9.41. The number of likely N-dealkylation sites (tertiary alicyclic amines) is 1. The van der Waals surface area contributed by atoms with E-state index in [-0.39, 0.29) is 18.4 Å². The fourth-order valence-electron chi connectivity index (χ4n) is 3.53. The van der Waals surface area contributed by atoms with Crippen molar-refractivity contribution in [2.45, 2.75) is 25.3 Å². The van der Waals surface area contributed by atoms with E-state index in [0.29, 0.717) is 12.1 Å². The monoisotopic (exact) mass is 369 g/mol. The summed E-state index contributed by atoms with van der Waals surface area (Å²) in [6.07, 6.45) is 5.28. The van der Waals surface area contributed by atoms with Gasteiger partial charge in [-0.2, -0.15) is 0 Å². The number of piperidine rings is 1. The molecular formula is C18H19N5O2S. The van der Waals surface area contributed by atoms with Gasteiger partial charge in [0.2, 0.25) is 5.91 Å². The Hall–Kier alpha value is -2.74. The van der Waals surface area contributed by atoms with Gasteiger partial charge in [0.15, 0.2) is 0 Å². The van der Waals surface area contributed by atoms with Crippen molar-refractivity contribution in [1.29, 1.82) is 0 Å². The predicted octanol–water partition coefficient (Wildman–Crippen LogP) is 2.00. The Morgan fingerprint density at radius 2 is 2.19 bits per heavy atom. The van der Waals surface area contributed by atoms with Gasteiger partial charge in [0, 0.05) is 37.0 Å². The minimum Gasteiger partial charge on any atom is -0.368 e. The zero-order chi connectivity index (χ0) is 18.1. The third-order valence-corrected chi connectivity index (χ3v) is 5.52. The zero-order valence-corrected chi connectivity index (χ0v) is 15.0. The highest BCUT2D eigenvalue weighted by atomic mass is 32.1. The molecule has 1 fully saturated rings. The number of imidazole rings is 1. The summed E-state index contributed by atoms with van der Waals surface area (Å²) in [6, 6.07) is 5.63. The molecule has 8 heteroatoms. The summed E-state index contributed by atoms with van der Waals surface area (Å²) < 4.78 is 2.80. The Labute approximate surface area is 154 Å². The van der Waals surface area contributed by atoms with Crippen LogP contribution in [-0.2, 0) is 11.3 Å². The van der Waals surface area contributed by atoms with Crippen molar-refractivity contribution in [3.8, 4) is 0 Å². The van der Waals surface area contributed by atoms with Gasteiger partial charge >= 0.3 is 0 Å². The van der Waals surface area contributed by atoms with Crippen LogP contribution in [-0.4, -0.2) is 44.3 Å². The van der Waals surface area contributed by atoms with Crippen LogP contribution in [0.4, 0.5) is 0 Å². The maximum Gasteiger partial charge on any atom is 0.253 e. The van der Waals surface area contributed by atoms with Crippen molar-refractivity contribution in [2.75, 3.05) is 13.1 Å². The van der Waals surface area contributed by atoms with Crippen LogP contribution < -0.4 is 5.73 Å². The second kappa shape index (κ2) is 6.87. The summed E-state index contributed by atoms with van der Waals surface area (Å²) in [6.45, 7) is 1.43. The van der Waals surface area contributed by atoms with Crippen LogP contribution in [0.1, 0.15) is 34.9 Å². The number of nitrogens with zero attached hydrogens (tertiary/aromatic N) is 4. The molecule has 1 aliphatic heterocycles. The lowest BCUT2D eigenvalue weighted by atomic mass is 9.96. The second-order valence-electron chi connectivity index (χ2n) is 6.50. The average molecular weight is 369 g/mol. The van der Waals surface area contributed by atoms with E-state index in [0.717, 1.165) is 35.4 Å². The van der Waals surface area contributed by atoms with Gasteiger partial charge in [-0.3, -0.25) is 9.59 Å². The first-order chi connectivity index (χ1) is 12.6. The third-order valence-electron chi connectivity index (χ3n) is 4.73. The Bertz CT molecular complexity index is 963. The highest BCUT2D eigenvalue weighted by Crippen LogP contribution is 2.27. The van der Waals surface area contributed by atoms with Crippen LogP contribution in [0.5, 0.6) is 0 Å². The van der Waals surface area contributed by atoms with E-state index >= 15 is 0 Å². The van der Waals surface area contributed by atoms with E-state index in [4.69, 9.17) is 5.73 Å². The molecule has 0 aliphatic carbocycles. The molecule has 2 amide bonds. The molecule has 1 saturated heterocycles. The standard InChI is InChI=1S/C18H19N5O2S/c19-16(24)10-22-7-5-20-17(22)13-2-1-6-23(9-13)18(25)12-3-4-14-15(8-12)26-11-21-14/h3-5,7-8,11,13H,1-2,6,9-10H2,(H2,19,24)/t13-/m1/s1. The molecule has 134 valence electrons. The number of nitrogens with two attached hydrogens (primary N) is 1. The summed E-state index contributed by atoms with van der Waals surface area (Å²) in [5.41, 5.74) is 8.70. The van der Waals surface area contributed by atoms with Gasteiger partial charge in [-0.1, -0.05) is 0 Å². The van der Waals surface area contributed by atoms with Gasteiger partial charge in [0.25, 0.3) is 5.91 Å². The second-order valence-corrected chi connectivity index (χ2v) is 7.39. The Kier molecular flexibility index (Phi) is 4.42. The Balaban J connectivity index is 1.53. The van der Waals surface area contributed by atoms with Gasteiger partial charge in [0.05, 0.1) is 15.7 Å². The highest BCUT2D eigenvalue weighted by Gasteiger charge is 2.28. The van der Waals surface area contributed by atoms with Crippen LogP contribution in [0.25, 0.3) is 10.2 Å². The summed E-state index contributed by atoms with van der Waals surface area (Å²) in [4.78, 5) is 34.7. The minimum atomic E-state index is -0.397. The smallest absolute Gasteiger partial charge is 0.253 e. The normalized spacial score (nSPS) is 17.5. The number of primary amides is 1. The molecule has 0 bridgehead atoms. The number of aromatic nitrogens is 3. The Morgan fingerprint density at radius 3 is 3.04 bits per heavy atom. The third kappa shape index (κ3) is 3.20. The number of benzene rings is 1. The molecule has 3 aromatic rings. The van der Waals surface area contributed by atoms with E-state index in [2.05, 4.69) is 9.97 Å². The number of amides is 2. The summed E-state index contributed by atoms with van der Waals surface area (Å²) in [7, 11) is 0. The summed E-state index contributed by atoms with van der Waals surface area (Å²) in [5.74, 6) is 0.553. The van der Waals surface area contributed by atoms with Crippen molar-refractivity contribution in [1.82, 2.24) is 19.4 Å². The van der Waals surface area contributed by atoms with Crippen molar-refractivity contribution in [2.24, 2.45) is 5.73 Å². The fraction of sp³-hybridized carbons (Fsp3) is 0.333. The van der Waals surface area contributed by atoms with E-state index in [9.17, 15) is 9.59 Å². The van der Waals surface area contributed by atoms with Gasteiger partial charge in [-0.25, -0.2) is 9.97 Å². The number of carbonyl (C=O) groups excluding carboxylic acids is 2. The number of carbonyl (C=O) groups is 2. The summed E-state index contributed by atoms with van der Waals surface area (Å²) in [5, 5.41) is 0. The maximum atomic E-state index is 13.0. The van der Waals surface area contributed by atoms with Crippen LogP contribution >= 0.6 is 11.3 Å². The molecule has 26 heavy (non-hydrogen) atoms. The molecule has 1 atom stereocenters. The average Bonchev–Trinajstić information content (AvgIpc) is 3.29. The number of thiazole rings is 1. The largest absolute Gasteiger partial charge is 0.368 e. The summed E-state index contributed by atoms with van der Waals surface area (Å²) >= 11 is 1.53. The molecule has 0 radical (unpaired) electrons. The van der Waals surface area contributed by atoms with Crippen molar-refractivity contribution in [3.63, 3.8) is 0 Å². The number of fused-ring (bicyclic) bond motifs is 1. The van der Waals surface area contributed by atoms with Gasteiger partial charge < -0.3 is 15.2 Å². The molecule has 1 aromatic carbocycles. The topological polar surface area (TPSA) is 94.1 Å². The van der Waals surface area contributed by atoms with Gasteiger partial charge in [-0.05, 0) is 31.0 Å². The quantitative estimate of drug-likeness (QED) is 0.761. The molecule has 7 nitrogen and oxygen atoms in total. The fourth-order valence-corrected chi connectivity index (χ4v) is 4.24. The zero-order valence-electron chi connectivity index (χ0n) is 14.2. The van der Waals surface area contributed by atoms with Gasteiger partial charge in [0.1, 0.15) is 12.4 Å². The first-order valence-electron chi connectivity index (χ1n) is 8.53. The maximum absolute atomic E-state index is 13.0. The number of hydrogen-bond donors (Lipinski definition) is 1. The van der Waals surface area contributed by atoms with Crippen LogP contribution in [0.3, 0.4) is 0 Å². The van der Waals surface area contributed by atoms with Crippen LogP contribution in [0.2, 0.25) is 0 Å². The van der Waals surface area contributed by atoms with Crippen molar-refractivity contribution in [3.05, 3.63) is 47.5 Å². The first kappa shape index (κ1) is 16.7. The molecule has 3 heterocycles.